The number of hydrogen-bond donors (Lipinski definition) is 1. The average Bonchev–Trinajstić information content (AvgIpc) is 2.84. The molecule has 3 aromatic rings. The number of benzene rings is 3. The molecule has 2 unspecified atom stereocenters. The summed E-state index contributed by atoms with van der Waals surface area (Å²) in [4.78, 5) is 8.25. The van der Waals surface area contributed by atoms with Gasteiger partial charge in [-0.25, -0.2) is 0 Å². The minimum absolute atomic E-state index is 0.348. The van der Waals surface area contributed by atoms with Gasteiger partial charge in [-0.3, -0.25) is 5.73 Å². The molecule has 0 bridgehead atoms. The van der Waals surface area contributed by atoms with Gasteiger partial charge in [-0.15, -0.1) is 0 Å². The van der Waals surface area contributed by atoms with Crippen molar-refractivity contribution in [2.45, 2.75) is 93.8 Å². The van der Waals surface area contributed by atoms with Crippen LogP contribution in [-0.2, 0) is 24.2 Å². The van der Waals surface area contributed by atoms with Crippen molar-refractivity contribution in [1.82, 2.24) is 0 Å². The molecule has 2 atom stereocenters. The highest BCUT2D eigenvalue weighted by Gasteiger charge is 2.51. The summed E-state index contributed by atoms with van der Waals surface area (Å²) in [6, 6.07) is 21.0. The van der Waals surface area contributed by atoms with Crippen LogP contribution in [0.15, 0.2) is 54.6 Å². The molecule has 4 nitrogen and oxygen atoms in total. The second-order valence-corrected chi connectivity index (χ2v) is 12.0. The number of hydrogen-bond acceptors (Lipinski definition) is 3. The van der Waals surface area contributed by atoms with Crippen molar-refractivity contribution in [2.24, 2.45) is 11.7 Å². The van der Waals surface area contributed by atoms with Gasteiger partial charge in [0.25, 0.3) is 0 Å². The van der Waals surface area contributed by atoms with Gasteiger partial charge in [-0.2, -0.15) is 0 Å². The fraction of sp³-hybridized carbons (Fsp3) is 0.472. The quantitative estimate of drug-likeness (QED) is 0.172. The first-order valence-corrected chi connectivity index (χ1v) is 14.8. The molecule has 3 aromatic carbocycles. The molecule has 0 amide bonds. The van der Waals surface area contributed by atoms with Gasteiger partial charge in [0.1, 0.15) is 6.54 Å². The Labute approximate surface area is 243 Å². The normalized spacial score (nSPS) is 13.7. The molecular formula is C36H52N2O2. The van der Waals surface area contributed by atoms with E-state index in [2.05, 4.69) is 117 Å². The second kappa shape index (κ2) is 14.6. The van der Waals surface area contributed by atoms with E-state index in [1.165, 1.54) is 50.1 Å². The molecule has 2 N–H and O–H groups in total. The topological polar surface area (TPSA) is 66.2 Å². The fourth-order valence-corrected chi connectivity index (χ4v) is 7.04. The molecule has 218 valence electrons. The molecule has 40 heavy (non-hydrogen) atoms. The highest BCUT2D eigenvalue weighted by atomic mass is 16.3. The number of rotatable bonds is 11. The Kier molecular flexibility index (Phi) is 12.2. The first kappa shape index (κ1) is 33.3. The Morgan fingerprint density at radius 3 is 1.40 bits per heavy atom. The predicted molar refractivity (Wildman–Crippen MR) is 167 cm³/mol. The summed E-state index contributed by atoms with van der Waals surface area (Å²) in [6.07, 6.45) is 2.94. The maximum Gasteiger partial charge on any atom is 0.158 e. The standard InChI is InChI=1S/C35H51N2.CH2O2/c1-10-34(22-31-16-25(4)13-26(5)17-31)35(36,23-32-18-27(6)14-28(7)19-32)37(11-2,12-3)24-33-20-29(8)15-30(9)21-33;2-1-3/h13-21,34H,10-12,22-24,36H2,1-9H3;1H,(H,2,3)/q+1;/p-1. The van der Waals surface area contributed by atoms with E-state index in [-0.39, 0.29) is 0 Å². The van der Waals surface area contributed by atoms with Crippen molar-refractivity contribution in [3.63, 3.8) is 0 Å². The van der Waals surface area contributed by atoms with Crippen LogP contribution < -0.4 is 10.8 Å². The van der Waals surface area contributed by atoms with Crippen LogP contribution in [0.3, 0.4) is 0 Å². The predicted octanol–water partition coefficient (Wildman–Crippen LogP) is 6.43. The lowest BCUT2D eigenvalue weighted by atomic mass is 9.77. The lowest BCUT2D eigenvalue weighted by Crippen LogP contribution is -2.73. The number of likely N-dealkylation sites (N-methyl/N-ethyl adjacent to an activating group) is 1. The van der Waals surface area contributed by atoms with E-state index in [1.807, 2.05) is 0 Å². The van der Waals surface area contributed by atoms with Gasteiger partial charge in [0.15, 0.2) is 5.66 Å². The van der Waals surface area contributed by atoms with Crippen molar-refractivity contribution in [2.75, 3.05) is 13.1 Å². The van der Waals surface area contributed by atoms with Crippen LogP contribution in [0.5, 0.6) is 0 Å². The van der Waals surface area contributed by atoms with E-state index >= 15 is 0 Å². The number of quaternary nitrogens is 1. The molecule has 3 rings (SSSR count). The number of nitrogens with two attached hydrogens (primary N) is 1. The first-order chi connectivity index (χ1) is 18.8. The van der Waals surface area contributed by atoms with Crippen LogP contribution in [-0.4, -0.2) is 29.7 Å². The van der Waals surface area contributed by atoms with E-state index < -0.39 is 12.1 Å². The maximum absolute atomic E-state index is 8.25. The number of aryl methyl sites for hydroxylation is 6. The molecule has 0 radical (unpaired) electrons. The third kappa shape index (κ3) is 8.28. The monoisotopic (exact) mass is 544 g/mol. The summed E-state index contributed by atoms with van der Waals surface area (Å²) >= 11 is 0. The molecule has 0 aromatic heterocycles. The van der Waals surface area contributed by atoms with E-state index in [1.54, 1.807) is 0 Å². The summed E-state index contributed by atoms with van der Waals surface area (Å²) < 4.78 is 0.881. The van der Waals surface area contributed by atoms with Gasteiger partial charge < -0.3 is 14.4 Å². The molecule has 0 fully saturated rings. The lowest BCUT2D eigenvalue weighted by molar-refractivity contribution is -0.990. The van der Waals surface area contributed by atoms with Gasteiger partial charge in [0.2, 0.25) is 0 Å². The van der Waals surface area contributed by atoms with Crippen LogP contribution in [0.4, 0.5) is 0 Å². The van der Waals surface area contributed by atoms with Crippen molar-refractivity contribution in [1.29, 1.82) is 0 Å². The van der Waals surface area contributed by atoms with Crippen LogP contribution in [0.2, 0.25) is 0 Å². The Morgan fingerprint density at radius 2 is 1.05 bits per heavy atom. The van der Waals surface area contributed by atoms with E-state index in [4.69, 9.17) is 15.6 Å². The molecule has 0 spiro atoms. The van der Waals surface area contributed by atoms with Crippen molar-refractivity contribution in [3.05, 3.63) is 105 Å². The zero-order valence-corrected chi connectivity index (χ0v) is 26.4. The zero-order chi connectivity index (χ0) is 30.1. The summed E-state index contributed by atoms with van der Waals surface area (Å²) in [5, 5.41) is 8.25. The Hall–Kier alpha value is -2.95. The third-order valence-electron chi connectivity index (χ3n) is 8.59. The molecule has 0 saturated carbocycles. The van der Waals surface area contributed by atoms with E-state index in [0.29, 0.717) is 5.92 Å². The van der Waals surface area contributed by atoms with Gasteiger partial charge in [0.05, 0.1) is 13.1 Å². The Morgan fingerprint density at radius 1 is 0.700 bits per heavy atom. The minimum atomic E-state index is -0.500. The number of carbonyl (C=O) groups is 1. The van der Waals surface area contributed by atoms with Crippen LogP contribution in [0.25, 0.3) is 0 Å². The summed E-state index contributed by atoms with van der Waals surface area (Å²) in [5.41, 5.74) is 19.7. The highest BCUT2D eigenvalue weighted by Crippen LogP contribution is 2.38. The first-order valence-electron chi connectivity index (χ1n) is 14.8. The Bertz CT molecular complexity index is 1200. The lowest BCUT2D eigenvalue weighted by Gasteiger charge is -2.54. The molecule has 0 aliphatic heterocycles. The van der Waals surface area contributed by atoms with Gasteiger partial charge in [-0.1, -0.05) is 94.9 Å². The van der Waals surface area contributed by atoms with E-state index in [9.17, 15) is 0 Å². The number of carbonyl (C=O) groups excluding carboxylic acids is 1. The maximum atomic E-state index is 8.25. The van der Waals surface area contributed by atoms with Crippen LogP contribution in [0, 0.1) is 47.5 Å². The average molecular weight is 545 g/mol. The van der Waals surface area contributed by atoms with Crippen LogP contribution >= 0.6 is 0 Å². The second-order valence-electron chi connectivity index (χ2n) is 12.0. The third-order valence-corrected chi connectivity index (χ3v) is 8.59. The number of carboxylic acid groups (broad SMARTS) is 1. The molecule has 0 heterocycles. The SMILES string of the molecule is CCC(Cc1cc(C)cc(C)c1)C(N)(Cc1cc(C)cc(C)c1)[N+](CC)(CC)Cc1cc(C)cc(C)c1.O=C[O-]. The number of nitrogens with zero attached hydrogens (tertiary/aromatic N) is 1. The molecule has 4 heteroatoms. The van der Waals surface area contributed by atoms with Gasteiger partial charge in [0, 0.05) is 24.4 Å². The smallest absolute Gasteiger partial charge is 0.158 e. The van der Waals surface area contributed by atoms with Gasteiger partial charge in [-0.05, 0) is 79.4 Å². The summed E-state index contributed by atoms with van der Waals surface area (Å²) in [7, 11) is 0. The van der Waals surface area contributed by atoms with Crippen molar-refractivity contribution in [3.8, 4) is 0 Å². The molecule has 0 aliphatic rings. The highest BCUT2D eigenvalue weighted by molar-refractivity contribution is 5.32. The molecule has 0 aliphatic carbocycles. The largest absolute Gasteiger partial charge is 0.554 e. The molecule has 0 saturated heterocycles. The van der Waals surface area contributed by atoms with Crippen molar-refractivity contribution < 1.29 is 14.4 Å². The summed E-state index contributed by atoms with van der Waals surface area (Å²) in [5.74, 6) is 0.348. The van der Waals surface area contributed by atoms with Crippen molar-refractivity contribution >= 4 is 6.47 Å². The van der Waals surface area contributed by atoms with E-state index in [0.717, 1.165) is 43.4 Å². The molecular weight excluding hydrogens is 492 g/mol. The minimum Gasteiger partial charge on any atom is -0.554 e. The van der Waals surface area contributed by atoms with Gasteiger partial charge >= 0.3 is 0 Å². The Balaban J connectivity index is 0.00000178. The zero-order valence-electron chi connectivity index (χ0n) is 26.4. The fourth-order valence-electron chi connectivity index (χ4n) is 7.04. The summed E-state index contributed by atoms with van der Waals surface area (Å²) in [6.45, 7) is 22.8. The van der Waals surface area contributed by atoms with Crippen LogP contribution in [0.1, 0.15) is 77.3 Å².